The summed E-state index contributed by atoms with van der Waals surface area (Å²) in [6, 6.07) is 5.66. The molecule has 0 saturated heterocycles. The number of ketones is 1. The molecule has 0 unspecified atom stereocenters. The van der Waals surface area contributed by atoms with Gasteiger partial charge in [-0.05, 0) is 39.8 Å². The van der Waals surface area contributed by atoms with E-state index in [1.54, 1.807) is 20.8 Å². The van der Waals surface area contributed by atoms with Gasteiger partial charge < -0.3 is 0 Å². The van der Waals surface area contributed by atoms with Crippen LogP contribution in [-0.4, -0.2) is 19.8 Å². The lowest BCUT2D eigenvalue weighted by Gasteiger charge is -2.19. The number of benzene rings is 1. The molecule has 0 spiro atoms. The van der Waals surface area contributed by atoms with E-state index >= 15 is 0 Å². The van der Waals surface area contributed by atoms with Gasteiger partial charge in [-0.1, -0.05) is 17.0 Å². The van der Waals surface area contributed by atoms with E-state index in [2.05, 4.69) is 4.89 Å². The van der Waals surface area contributed by atoms with Crippen LogP contribution in [0.5, 0.6) is 0 Å². The number of carbonyl (C=O) groups excluding carboxylic acids is 1. The highest BCUT2D eigenvalue weighted by Gasteiger charge is 2.19. The monoisotopic (exact) mass is 271 g/mol. The quantitative estimate of drug-likeness (QED) is 0.670. The minimum absolute atomic E-state index is 0.0525. The van der Waals surface area contributed by atoms with Crippen LogP contribution >= 0.6 is 0 Å². The zero-order valence-corrected chi connectivity index (χ0v) is 11.7. The molecule has 1 N–H and O–H groups in total. The first-order valence-electron chi connectivity index (χ1n) is 5.43. The summed E-state index contributed by atoms with van der Waals surface area (Å²) < 4.78 is 23.7. The Labute approximate surface area is 107 Å². The van der Waals surface area contributed by atoms with Gasteiger partial charge in [-0.15, -0.1) is 0 Å². The first-order chi connectivity index (χ1) is 8.12. The topological polar surface area (TPSA) is 72.5 Å². The Bertz CT molecular complexity index is 526. The molecule has 0 fully saturated rings. The molecule has 0 atom stereocenters. The van der Waals surface area contributed by atoms with Gasteiger partial charge >= 0.3 is 0 Å². The third kappa shape index (κ3) is 4.21. The third-order valence-electron chi connectivity index (χ3n) is 2.03. The number of rotatable bonds is 4. The molecule has 0 aliphatic heterocycles. The van der Waals surface area contributed by atoms with Crippen molar-refractivity contribution < 1.29 is 18.0 Å². The van der Waals surface area contributed by atoms with Crippen LogP contribution in [0.2, 0.25) is 0 Å². The van der Waals surface area contributed by atoms with Gasteiger partial charge in [0.1, 0.15) is 0 Å². The predicted octanol–water partition coefficient (Wildman–Crippen LogP) is 1.90. The van der Waals surface area contributed by atoms with Gasteiger partial charge in [0.05, 0.1) is 10.5 Å². The molecule has 5 nitrogen and oxygen atoms in total. The maximum absolute atomic E-state index is 11.8. The highest BCUT2D eigenvalue weighted by Crippen LogP contribution is 2.13. The number of hydrogen-bond acceptors (Lipinski definition) is 4. The number of carbonyl (C=O) groups is 1. The zero-order chi connectivity index (χ0) is 14.0. The molecule has 0 aromatic heterocycles. The van der Waals surface area contributed by atoms with Crippen LogP contribution in [-0.2, 0) is 14.9 Å². The molecule has 1 aromatic rings. The van der Waals surface area contributed by atoms with Gasteiger partial charge in [-0.2, -0.15) is 0 Å². The molecule has 0 radical (unpaired) electrons. The first-order valence-corrected chi connectivity index (χ1v) is 6.91. The average Bonchev–Trinajstić information content (AvgIpc) is 2.26. The summed E-state index contributed by atoms with van der Waals surface area (Å²) in [4.78, 5) is 18.2. The van der Waals surface area contributed by atoms with E-state index in [1.165, 1.54) is 31.2 Å². The average molecular weight is 271 g/mol. The summed E-state index contributed by atoms with van der Waals surface area (Å²) in [6.45, 7) is 6.61. The summed E-state index contributed by atoms with van der Waals surface area (Å²) in [6.07, 6.45) is 0. The smallest absolute Gasteiger partial charge is 0.262 e. The van der Waals surface area contributed by atoms with Gasteiger partial charge in [0.15, 0.2) is 5.78 Å². The van der Waals surface area contributed by atoms with E-state index in [-0.39, 0.29) is 10.7 Å². The van der Waals surface area contributed by atoms with Crippen LogP contribution in [0, 0.1) is 0 Å². The zero-order valence-electron chi connectivity index (χ0n) is 10.9. The Hall–Kier alpha value is -1.24. The highest BCUT2D eigenvalue weighted by atomic mass is 32.2. The normalized spacial score (nSPS) is 12.4. The van der Waals surface area contributed by atoms with Crippen molar-refractivity contribution in [2.24, 2.45) is 0 Å². The highest BCUT2D eigenvalue weighted by molar-refractivity contribution is 7.89. The van der Waals surface area contributed by atoms with Crippen molar-refractivity contribution in [2.75, 3.05) is 0 Å². The second-order valence-electron chi connectivity index (χ2n) is 4.88. The van der Waals surface area contributed by atoms with Crippen molar-refractivity contribution in [3.8, 4) is 0 Å². The Morgan fingerprint density at radius 3 is 2.06 bits per heavy atom. The second-order valence-corrected chi connectivity index (χ2v) is 6.53. The molecule has 1 aromatic carbocycles. The SMILES string of the molecule is CC(=O)c1ccc(S(=O)(=O)NOC(C)(C)C)cc1. The summed E-state index contributed by atoms with van der Waals surface area (Å²) in [5.41, 5.74) is -0.155. The molecule has 1 rings (SSSR count). The number of Topliss-reactive ketones (excluding diaryl/α,β-unsaturated/α-hetero) is 1. The fourth-order valence-electron chi connectivity index (χ4n) is 1.10. The Kier molecular flexibility index (Phi) is 4.26. The van der Waals surface area contributed by atoms with Crippen LogP contribution in [0.4, 0.5) is 0 Å². The lowest BCUT2D eigenvalue weighted by Crippen LogP contribution is -2.33. The molecular formula is C12H17NO4S. The van der Waals surface area contributed by atoms with Crippen LogP contribution in [0.25, 0.3) is 0 Å². The maximum atomic E-state index is 11.8. The van der Waals surface area contributed by atoms with E-state index in [0.717, 1.165) is 0 Å². The molecule has 0 heterocycles. The van der Waals surface area contributed by atoms with Crippen molar-refractivity contribution in [1.82, 2.24) is 4.89 Å². The Balaban J connectivity index is 2.89. The van der Waals surface area contributed by atoms with Crippen molar-refractivity contribution in [3.05, 3.63) is 29.8 Å². The van der Waals surface area contributed by atoms with E-state index in [9.17, 15) is 13.2 Å². The fourth-order valence-corrected chi connectivity index (χ4v) is 2.05. The lowest BCUT2D eigenvalue weighted by atomic mass is 10.2. The standard InChI is InChI=1S/C12H17NO4S/c1-9(14)10-5-7-11(8-6-10)18(15,16)13-17-12(2,3)4/h5-8,13H,1-4H3. The van der Waals surface area contributed by atoms with Gasteiger partial charge in [0, 0.05) is 5.56 Å². The largest absolute Gasteiger partial charge is 0.295 e. The summed E-state index contributed by atoms with van der Waals surface area (Å²) in [5.74, 6) is -0.113. The van der Waals surface area contributed by atoms with Crippen molar-refractivity contribution in [1.29, 1.82) is 0 Å². The summed E-state index contributed by atoms with van der Waals surface area (Å²) in [7, 11) is -3.72. The summed E-state index contributed by atoms with van der Waals surface area (Å²) >= 11 is 0. The Morgan fingerprint density at radius 2 is 1.67 bits per heavy atom. The van der Waals surface area contributed by atoms with Crippen LogP contribution in [0.3, 0.4) is 0 Å². The van der Waals surface area contributed by atoms with Crippen molar-refractivity contribution in [3.63, 3.8) is 0 Å². The molecule has 100 valence electrons. The van der Waals surface area contributed by atoms with E-state index in [1.807, 2.05) is 0 Å². The number of hydrogen-bond donors (Lipinski definition) is 1. The van der Waals surface area contributed by atoms with Gasteiger partial charge in [-0.25, -0.2) is 8.42 Å². The van der Waals surface area contributed by atoms with Gasteiger partial charge in [0.25, 0.3) is 10.0 Å². The van der Waals surface area contributed by atoms with Crippen molar-refractivity contribution >= 4 is 15.8 Å². The Morgan fingerprint density at radius 1 is 1.17 bits per heavy atom. The van der Waals surface area contributed by atoms with E-state index in [0.29, 0.717) is 5.56 Å². The molecule has 0 bridgehead atoms. The summed E-state index contributed by atoms with van der Waals surface area (Å²) in [5, 5.41) is 0. The molecule has 18 heavy (non-hydrogen) atoms. The van der Waals surface area contributed by atoms with Crippen LogP contribution < -0.4 is 4.89 Å². The molecule has 0 saturated carbocycles. The fraction of sp³-hybridized carbons (Fsp3) is 0.417. The van der Waals surface area contributed by atoms with Crippen LogP contribution in [0.1, 0.15) is 38.1 Å². The minimum atomic E-state index is -3.72. The van der Waals surface area contributed by atoms with Gasteiger partial charge in [0.2, 0.25) is 0 Å². The molecule has 0 aliphatic rings. The van der Waals surface area contributed by atoms with E-state index < -0.39 is 15.6 Å². The van der Waals surface area contributed by atoms with Gasteiger partial charge in [-0.3, -0.25) is 9.63 Å². The minimum Gasteiger partial charge on any atom is -0.295 e. The molecule has 0 aliphatic carbocycles. The number of sulfonamides is 1. The maximum Gasteiger partial charge on any atom is 0.262 e. The first kappa shape index (κ1) is 14.8. The van der Waals surface area contributed by atoms with Crippen LogP contribution in [0.15, 0.2) is 29.2 Å². The second kappa shape index (κ2) is 5.17. The van der Waals surface area contributed by atoms with E-state index in [4.69, 9.17) is 4.84 Å². The third-order valence-corrected chi connectivity index (χ3v) is 3.22. The molecular weight excluding hydrogens is 254 g/mol. The molecule has 0 amide bonds. The molecule has 6 heteroatoms. The lowest BCUT2D eigenvalue weighted by molar-refractivity contribution is -0.0357. The van der Waals surface area contributed by atoms with Crippen molar-refractivity contribution in [2.45, 2.75) is 38.2 Å². The predicted molar refractivity (Wildman–Crippen MR) is 67.6 cm³/mol. The number of nitrogens with one attached hydrogen (secondary N) is 1.